The van der Waals surface area contributed by atoms with Crippen molar-refractivity contribution >= 4 is 0 Å². The van der Waals surface area contributed by atoms with Crippen molar-refractivity contribution in [2.45, 2.75) is 25.1 Å². The Bertz CT molecular complexity index is 771. The first-order chi connectivity index (χ1) is 11.8. The fourth-order valence-electron chi connectivity index (χ4n) is 3.13. The van der Waals surface area contributed by atoms with Crippen molar-refractivity contribution in [2.75, 3.05) is 13.7 Å². The monoisotopic (exact) mass is 325 g/mol. The van der Waals surface area contributed by atoms with Crippen molar-refractivity contribution in [3.8, 4) is 5.69 Å². The van der Waals surface area contributed by atoms with Crippen LogP contribution in [0.25, 0.3) is 5.69 Å². The van der Waals surface area contributed by atoms with Crippen LogP contribution in [0.1, 0.15) is 24.0 Å². The average molecular weight is 325 g/mol. The number of benzene rings is 1. The molecule has 0 bridgehead atoms. The van der Waals surface area contributed by atoms with Crippen molar-refractivity contribution in [2.24, 2.45) is 0 Å². The van der Waals surface area contributed by atoms with Gasteiger partial charge in [-0.2, -0.15) is 20.1 Å². The molecule has 124 valence electrons. The van der Waals surface area contributed by atoms with Gasteiger partial charge in [-0.05, 0) is 18.6 Å². The van der Waals surface area contributed by atoms with Gasteiger partial charge < -0.3 is 4.74 Å². The summed E-state index contributed by atoms with van der Waals surface area (Å²) < 4.78 is 5.54. The molecule has 8 nitrogen and oxygen atoms in total. The first kappa shape index (κ1) is 15.0. The van der Waals surface area contributed by atoms with Crippen LogP contribution in [0.2, 0.25) is 0 Å². The molecule has 3 aromatic rings. The fourth-order valence-corrected chi connectivity index (χ4v) is 3.13. The zero-order chi connectivity index (χ0) is 16.4. The van der Waals surface area contributed by atoms with E-state index in [0.717, 1.165) is 30.2 Å². The van der Waals surface area contributed by atoms with Gasteiger partial charge >= 0.3 is 0 Å². The van der Waals surface area contributed by atoms with Gasteiger partial charge in [0.1, 0.15) is 12.2 Å². The fraction of sp³-hybridized carbons (Fsp3) is 0.375. The van der Waals surface area contributed by atoms with Crippen molar-refractivity contribution in [3.05, 3.63) is 54.4 Å². The van der Waals surface area contributed by atoms with E-state index in [1.54, 1.807) is 18.2 Å². The summed E-state index contributed by atoms with van der Waals surface area (Å²) in [6.07, 6.45) is 4.42. The van der Waals surface area contributed by atoms with E-state index in [0.29, 0.717) is 6.54 Å². The zero-order valence-electron chi connectivity index (χ0n) is 13.4. The van der Waals surface area contributed by atoms with Gasteiger partial charge in [0.05, 0.1) is 29.7 Å². The maximum absolute atomic E-state index is 5.54. The number of rotatable bonds is 5. The Labute approximate surface area is 139 Å². The molecule has 0 spiro atoms. The Morgan fingerprint density at radius 2 is 2.17 bits per heavy atom. The number of likely N-dealkylation sites (tertiary alicyclic amines) is 1. The molecule has 1 N–H and O–H groups in total. The summed E-state index contributed by atoms with van der Waals surface area (Å²) in [5.41, 5.74) is 1.87. The molecular formula is C16H19N7O. The number of aromatic nitrogens is 6. The first-order valence-corrected chi connectivity index (χ1v) is 7.92. The smallest absolute Gasteiger partial charge is 0.141 e. The second-order valence-electron chi connectivity index (χ2n) is 5.87. The minimum Gasteiger partial charge on any atom is -0.380 e. The quantitative estimate of drug-likeness (QED) is 0.762. The zero-order valence-corrected chi connectivity index (χ0v) is 13.4. The number of hydrogen-bond acceptors (Lipinski definition) is 6. The molecule has 4 rings (SSSR count). The summed E-state index contributed by atoms with van der Waals surface area (Å²) >= 11 is 0. The summed E-state index contributed by atoms with van der Waals surface area (Å²) in [6.45, 7) is 1.53. The number of para-hydroxylation sites is 1. The molecule has 1 saturated heterocycles. The largest absolute Gasteiger partial charge is 0.380 e. The third-order valence-corrected chi connectivity index (χ3v) is 4.34. The highest BCUT2D eigenvalue weighted by molar-refractivity contribution is 5.28. The van der Waals surface area contributed by atoms with Crippen molar-refractivity contribution in [1.82, 2.24) is 35.1 Å². The highest BCUT2D eigenvalue weighted by Gasteiger charge is 2.35. The molecule has 1 aliphatic heterocycles. The molecule has 1 fully saturated rings. The van der Waals surface area contributed by atoms with Gasteiger partial charge in [-0.3, -0.25) is 10.00 Å². The second kappa shape index (κ2) is 6.50. The number of ether oxygens (including phenoxy) is 1. The van der Waals surface area contributed by atoms with Gasteiger partial charge in [0.2, 0.25) is 0 Å². The Balaban J connectivity index is 1.52. The minimum absolute atomic E-state index is 0.152. The highest BCUT2D eigenvalue weighted by atomic mass is 16.5. The van der Waals surface area contributed by atoms with Gasteiger partial charge in [-0.1, -0.05) is 18.2 Å². The molecule has 0 aliphatic carbocycles. The number of nitrogens with zero attached hydrogens (tertiary/aromatic N) is 6. The first-order valence-electron chi connectivity index (χ1n) is 7.92. The Morgan fingerprint density at radius 3 is 2.92 bits per heavy atom. The normalized spacial score (nSPS) is 21.4. The Kier molecular flexibility index (Phi) is 4.06. The summed E-state index contributed by atoms with van der Waals surface area (Å²) in [6, 6.07) is 10.0. The van der Waals surface area contributed by atoms with Gasteiger partial charge in [-0.15, -0.1) is 0 Å². The molecule has 2 atom stereocenters. The van der Waals surface area contributed by atoms with Crippen LogP contribution in [0.15, 0.2) is 42.9 Å². The lowest BCUT2D eigenvalue weighted by atomic mass is 10.2. The van der Waals surface area contributed by atoms with E-state index < -0.39 is 0 Å². The lowest BCUT2D eigenvalue weighted by molar-refractivity contribution is 0.107. The predicted molar refractivity (Wildman–Crippen MR) is 86.3 cm³/mol. The maximum Gasteiger partial charge on any atom is 0.141 e. The molecular weight excluding hydrogens is 306 g/mol. The van der Waals surface area contributed by atoms with Crippen LogP contribution in [0, 0.1) is 0 Å². The summed E-state index contributed by atoms with van der Waals surface area (Å²) in [5.74, 6) is 0.866. The summed E-state index contributed by atoms with van der Waals surface area (Å²) in [7, 11) is 1.75. The molecule has 3 heterocycles. The van der Waals surface area contributed by atoms with Crippen molar-refractivity contribution < 1.29 is 4.74 Å². The molecule has 0 radical (unpaired) electrons. The standard InChI is InChI=1S/C16H19N7O/c1-24-14-7-15(16-17-11-18-20-16)22(10-14)9-12-8-19-23(21-12)13-5-3-2-4-6-13/h2-6,8,11,14-15H,7,9-10H2,1H3,(H,17,18,20)/t14-,15+/m1/s1. The van der Waals surface area contributed by atoms with Crippen molar-refractivity contribution in [1.29, 1.82) is 0 Å². The number of aromatic amines is 1. The van der Waals surface area contributed by atoms with Crippen LogP contribution >= 0.6 is 0 Å². The van der Waals surface area contributed by atoms with Crippen LogP contribution in [0.4, 0.5) is 0 Å². The van der Waals surface area contributed by atoms with E-state index in [1.165, 1.54) is 0 Å². The minimum atomic E-state index is 0.152. The lowest BCUT2D eigenvalue weighted by Crippen LogP contribution is -2.25. The van der Waals surface area contributed by atoms with E-state index in [4.69, 9.17) is 4.74 Å². The number of nitrogens with one attached hydrogen (secondary N) is 1. The molecule has 0 amide bonds. The van der Waals surface area contributed by atoms with E-state index >= 15 is 0 Å². The lowest BCUT2D eigenvalue weighted by Gasteiger charge is -2.20. The number of methoxy groups -OCH3 is 1. The van der Waals surface area contributed by atoms with E-state index in [9.17, 15) is 0 Å². The van der Waals surface area contributed by atoms with Crippen LogP contribution in [0.5, 0.6) is 0 Å². The third-order valence-electron chi connectivity index (χ3n) is 4.34. The predicted octanol–water partition coefficient (Wildman–Crippen LogP) is 1.35. The Hall–Kier alpha value is -2.58. The molecule has 1 aliphatic rings. The van der Waals surface area contributed by atoms with Gasteiger partial charge in [0.25, 0.3) is 0 Å². The summed E-state index contributed by atoms with van der Waals surface area (Å²) in [5, 5.41) is 15.9. The van der Waals surface area contributed by atoms with Crippen LogP contribution in [-0.4, -0.2) is 54.8 Å². The van der Waals surface area contributed by atoms with Crippen molar-refractivity contribution in [3.63, 3.8) is 0 Å². The highest BCUT2D eigenvalue weighted by Crippen LogP contribution is 2.32. The van der Waals surface area contributed by atoms with Gasteiger partial charge in [0, 0.05) is 20.2 Å². The average Bonchev–Trinajstić information content (AvgIpc) is 3.36. The van der Waals surface area contributed by atoms with E-state index in [1.807, 2.05) is 36.5 Å². The molecule has 1 aromatic carbocycles. The topological polar surface area (TPSA) is 84.8 Å². The molecule has 2 aromatic heterocycles. The summed E-state index contributed by atoms with van der Waals surface area (Å²) in [4.78, 5) is 8.26. The molecule has 0 saturated carbocycles. The third kappa shape index (κ3) is 2.93. The molecule has 8 heteroatoms. The van der Waals surface area contributed by atoms with Gasteiger partial charge in [-0.25, -0.2) is 4.98 Å². The molecule has 0 unspecified atom stereocenters. The second-order valence-corrected chi connectivity index (χ2v) is 5.87. The number of hydrogen-bond donors (Lipinski definition) is 1. The maximum atomic E-state index is 5.54. The van der Waals surface area contributed by atoms with Crippen LogP contribution in [0.3, 0.4) is 0 Å². The van der Waals surface area contributed by atoms with E-state index in [2.05, 4.69) is 30.3 Å². The van der Waals surface area contributed by atoms with E-state index in [-0.39, 0.29) is 12.1 Å². The van der Waals surface area contributed by atoms with Crippen LogP contribution < -0.4 is 0 Å². The SMILES string of the molecule is CO[C@@H]1C[C@@H](c2ncn[nH]2)N(Cc2cnn(-c3ccccc3)n2)C1. The van der Waals surface area contributed by atoms with Gasteiger partial charge in [0.15, 0.2) is 0 Å². The molecule has 24 heavy (non-hydrogen) atoms. The van der Waals surface area contributed by atoms with Crippen LogP contribution in [-0.2, 0) is 11.3 Å². The Morgan fingerprint density at radius 1 is 1.29 bits per heavy atom. The number of H-pyrrole nitrogens is 1.